The minimum atomic E-state index is -0.0992. The fourth-order valence-corrected chi connectivity index (χ4v) is 1.70. The molecule has 1 aromatic carbocycles. The summed E-state index contributed by atoms with van der Waals surface area (Å²) in [5.41, 5.74) is 2.46. The van der Waals surface area contributed by atoms with Gasteiger partial charge in [-0.25, -0.2) is 9.97 Å². The molecule has 0 amide bonds. The van der Waals surface area contributed by atoms with Crippen molar-refractivity contribution in [3.63, 3.8) is 0 Å². The lowest BCUT2D eigenvalue weighted by molar-refractivity contribution is 0.276. The molecular weight excluding hydrogens is 216 g/mol. The predicted molar refractivity (Wildman–Crippen MR) is 62.6 cm³/mol. The van der Waals surface area contributed by atoms with Crippen LogP contribution in [0.3, 0.4) is 0 Å². The summed E-state index contributed by atoms with van der Waals surface area (Å²) in [4.78, 5) is 12.6. The van der Waals surface area contributed by atoms with E-state index in [2.05, 4.69) is 15.0 Å². The van der Waals surface area contributed by atoms with Gasteiger partial charge in [-0.1, -0.05) is 12.1 Å². The summed E-state index contributed by atoms with van der Waals surface area (Å²) in [6.07, 6.45) is 4.90. The number of para-hydroxylation sites is 2. The number of aromatic nitrogens is 4. The van der Waals surface area contributed by atoms with Crippen LogP contribution >= 0.6 is 0 Å². The SMILES string of the molecule is OCc1cnc(-n2cnc3ccccc32)cn1. The third-order valence-electron chi connectivity index (χ3n) is 2.55. The molecule has 17 heavy (non-hydrogen) atoms. The Balaban J connectivity index is 2.13. The largest absolute Gasteiger partial charge is 0.390 e. The molecule has 0 fully saturated rings. The maximum absolute atomic E-state index is 8.91. The van der Waals surface area contributed by atoms with Crippen LogP contribution in [0.15, 0.2) is 43.0 Å². The molecule has 0 saturated carbocycles. The van der Waals surface area contributed by atoms with Crippen LogP contribution in [0.25, 0.3) is 16.9 Å². The topological polar surface area (TPSA) is 63.8 Å². The molecule has 0 aliphatic carbocycles. The lowest BCUT2D eigenvalue weighted by atomic mass is 10.3. The van der Waals surface area contributed by atoms with Crippen molar-refractivity contribution in [2.24, 2.45) is 0 Å². The molecule has 0 unspecified atom stereocenters. The van der Waals surface area contributed by atoms with Gasteiger partial charge >= 0.3 is 0 Å². The number of hydrogen-bond acceptors (Lipinski definition) is 4. The maximum Gasteiger partial charge on any atom is 0.156 e. The van der Waals surface area contributed by atoms with Crippen LogP contribution in [0.2, 0.25) is 0 Å². The van der Waals surface area contributed by atoms with Crippen LogP contribution in [0.4, 0.5) is 0 Å². The van der Waals surface area contributed by atoms with Gasteiger partial charge in [0.2, 0.25) is 0 Å². The summed E-state index contributed by atoms with van der Waals surface area (Å²) in [5, 5.41) is 8.91. The molecule has 5 nitrogen and oxygen atoms in total. The molecule has 0 spiro atoms. The van der Waals surface area contributed by atoms with Gasteiger partial charge in [0.1, 0.15) is 6.33 Å². The van der Waals surface area contributed by atoms with Gasteiger partial charge in [0, 0.05) is 0 Å². The van der Waals surface area contributed by atoms with E-state index in [0.717, 1.165) is 11.0 Å². The molecule has 3 aromatic rings. The first-order valence-electron chi connectivity index (χ1n) is 5.23. The summed E-state index contributed by atoms with van der Waals surface area (Å²) < 4.78 is 1.86. The number of aliphatic hydroxyl groups is 1. The monoisotopic (exact) mass is 226 g/mol. The Morgan fingerprint density at radius 3 is 2.71 bits per heavy atom. The second-order valence-corrected chi connectivity index (χ2v) is 3.63. The van der Waals surface area contributed by atoms with Crippen molar-refractivity contribution >= 4 is 11.0 Å². The second kappa shape index (κ2) is 3.95. The number of aliphatic hydroxyl groups excluding tert-OH is 1. The molecule has 3 rings (SSSR count). The number of imidazole rings is 1. The van der Waals surface area contributed by atoms with E-state index < -0.39 is 0 Å². The van der Waals surface area contributed by atoms with Gasteiger partial charge in [0.25, 0.3) is 0 Å². The van der Waals surface area contributed by atoms with Crippen LogP contribution in [-0.2, 0) is 6.61 Å². The summed E-state index contributed by atoms with van der Waals surface area (Å²) >= 11 is 0. The Labute approximate surface area is 97.4 Å². The maximum atomic E-state index is 8.91. The Morgan fingerprint density at radius 2 is 1.94 bits per heavy atom. The molecule has 0 saturated heterocycles. The first-order valence-corrected chi connectivity index (χ1v) is 5.23. The first kappa shape index (κ1) is 9.92. The average molecular weight is 226 g/mol. The highest BCUT2D eigenvalue weighted by Crippen LogP contribution is 2.15. The van der Waals surface area contributed by atoms with Gasteiger partial charge in [-0.15, -0.1) is 0 Å². The smallest absolute Gasteiger partial charge is 0.156 e. The number of rotatable bonds is 2. The molecule has 0 radical (unpaired) electrons. The summed E-state index contributed by atoms with van der Waals surface area (Å²) in [6.45, 7) is -0.0992. The van der Waals surface area contributed by atoms with E-state index in [1.807, 2.05) is 28.8 Å². The lowest BCUT2D eigenvalue weighted by Crippen LogP contribution is -1.99. The van der Waals surface area contributed by atoms with E-state index in [1.165, 1.54) is 0 Å². The zero-order valence-corrected chi connectivity index (χ0v) is 8.98. The third kappa shape index (κ3) is 1.66. The van der Waals surface area contributed by atoms with E-state index in [1.54, 1.807) is 18.7 Å². The third-order valence-corrected chi connectivity index (χ3v) is 2.55. The van der Waals surface area contributed by atoms with Crippen molar-refractivity contribution in [1.82, 2.24) is 19.5 Å². The molecular formula is C12H10N4O. The van der Waals surface area contributed by atoms with Crippen LogP contribution in [-0.4, -0.2) is 24.6 Å². The van der Waals surface area contributed by atoms with Gasteiger partial charge in [-0.2, -0.15) is 0 Å². The standard InChI is InChI=1S/C12H10N4O/c17-7-9-5-14-12(6-13-9)16-8-15-10-3-1-2-4-11(10)16/h1-6,8,17H,7H2. The fraction of sp³-hybridized carbons (Fsp3) is 0.0833. The highest BCUT2D eigenvalue weighted by molar-refractivity contribution is 5.76. The molecule has 5 heteroatoms. The van der Waals surface area contributed by atoms with Crippen LogP contribution in [0.5, 0.6) is 0 Å². The van der Waals surface area contributed by atoms with Crippen LogP contribution in [0, 0.1) is 0 Å². The summed E-state index contributed by atoms with van der Waals surface area (Å²) in [5.74, 6) is 0.691. The first-order chi connectivity index (χ1) is 8.38. The fourth-order valence-electron chi connectivity index (χ4n) is 1.70. The molecule has 0 aliphatic heterocycles. The molecule has 0 bridgehead atoms. The molecule has 0 atom stereocenters. The zero-order chi connectivity index (χ0) is 11.7. The van der Waals surface area contributed by atoms with Crippen molar-refractivity contribution in [3.05, 3.63) is 48.7 Å². The summed E-state index contributed by atoms with van der Waals surface area (Å²) in [7, 11) is 0. The van der Waals surface area contributed by atoms with Crippen LogP contribution in [0.1, 0.15) is 5.69 Å². The number of fused-ring (bicyclic) bond motifs is 1. The molecule has 2 aromatic heterocycles. The molecule has 2 heterocycles. The Kier molecular flexibility index (Phi) is 2.31. The average Bonchev–Trinajstić information content (AvgIpc) is 2.83. The Morgan fingerprint density at radius 1 is 1.06 bits per heavy atom. The van der Waals surface area contributed by atoms with E-state index in [9.17, 15) is 0 Å². The van der Waals surface area contributed by atoms with Crippen molar-refractivity contribution in [2.75, 3.05) is 0 Å². The number of nitrogens with zero attached hydrogens (tertiary/aromatic N) is 4. The van der Waals surface area contributed by atoms with E-state index in [4.69, 9.17) is 5.11 Å². The quantitative estimate of drug-likeness (QED) is 0.715. The molecule has 1 N–H and O–H groups in total. The van der Waals surface area contributed by atoms with Crippen molar-refractivity contribution in [2.45, 2.75) is 6.61 Å². The normalized spacial score (nSPS) is 10.9. The van der Waals surface area contributed by atoms with Gasteiger partial charge < -0.3 is 5.11 Å². The minimum absolute atomic E-state index is 0.0992. The molecule has 84 valence electrons. The van der Waals surface area contributed by atoms with Crippen molar-refractivity contribution < 1.29 is 5.11 Å². The van der Waals surface area contributed by atoms with E-state index in [0.29, 0.717) is 11.5 Å². The summed E-state index contributed by atoms with van der Waals surface area (Å²) in [6, 6.07) is 7.82. The van der Waals surface area contributed by atoms with Crippen molar-refractivity contribution in [3.8, 4) is 5.82 Å². The van der Waals surface area contributed by atoms with Gasteiger partial charge in [0.15, 0.2) is 5.82 Å². The van der Waals surface area contributed by atoms with E-state index >= 15 is 0 Å². The van der Waals surface area contributed by atoms with Gasteiger partial charge in [-0.05, 0) is 12.1 Å². The van der Waals surface area contributed by atoms with Crippen molar-refractivity contribution in [1.29, 1.82) is 0 Å². The lowest BCUT2D eigenvalue weighted by Gasteiger charge is -2.02. The Hall–Kier alpha value is -2.27. The number of hydrogen-bond donors (Lipinski definition) is 1. The Bertz CT molecular complexity index is 645. The van der Waals surface area contributed by atoms with Crippen LogP contribution < -0.4 is 0 Å². The molecule has 0 aliphatic rings. The highest BCUT2D eigenvalue weighted by Gasteiger charge is 2.04. The van der Waals surface area contributed by atoms with Gasteiger partial charge in [0.05, 0.1) is 35.7 Å². The highest BCUT2D eigenvalue weighted by atomic mass is 16.3. The zero-order valence-electron chi connectivity index (χ0n) is 8.98. The number of benzene rings is 1. The van der Waals surface area contributed by atoms with Gasteiger partial charge in [-0.3, -0.25) is 9.55 Å². The minimum Gasteiger partial charge on any atom is -0.390 e. The van der Waals surface area contributed by atoms with E-state index in [-0.39, 0.29) is 6.61 Å². The predicted octanol–water partition coefficient (Wildman–Crippen LogP) is 1.31. The second-order valence-electron chi connectivity index (χ2n) is 3.63.